The smallest absolute Gasteiger partial charge is 0.227 e. The van der Waals surface area contributed by atoms with Crippen LogP contribution in [0.3, 0.4) is 0 Å². The van der Waals surface area contributed by atoms with Gasteiger partial charge >= 0.3 is 0 Å². The minimum atomic E-state index is 0.829. The van der Waals surface area contributed by atoms with E-state index in [0.717, 1.165) is 44.0 Å². The maximum absolute atomic E-state index is 4.66. The minimum absolute atomic E-state index is 0.829. The van der Waals surface area contributed by atoms with Crippen LogP contribution in [0.1, 0.15) is 32.1 Å². The molecule has 1 aromatic heterocycles. The van der Waals surface area contributed by atoms with Gasteiger partial charge in [0.1, 0.15) is 5.82 Å². The molecule has 0 aromatic carbocycles. The van der Waals surface area contributed by atoms with Crippen LogP contribution in [0.5, 0.6) is 0 Å². The Morgan fingerprint density at radius 1 is 1.05 bits per heavy atom. The fourth-order valence-corrected chi connectivity index (χ4v) is 3.47. The lowest BCUT2D eigenvalue weighted by molar-refractivity contribution is 0.147. The molecule has 0 spiro atoms. The van der Waals surface area contributed by atoms with Gasteiger partial charge in [0.15, 0.2) is 0 Å². The van der Waals surface area contributed by atoms with E-state index in [0.29, 0.717) is 0 Å². The second kappa shape index (κ2) is 6.60. The standard InChI is InChI=1S/C16H27N5/c1-19(2)15-8-9-17-16(18-15)21-12-10-20(11-13-21)14-6-4-3-5-7-14/h8-9,14H,3-7,10-13H2,1-2H3. The van der Waals surface area contributed by atoms with Crippen LogP contribution >= 0.6 is 0 Å². The molecule has 2 heterocycles. The van der Waals surface area contributed by atoms with Crippen LogP contribution in [0.15, 0.2) is 12.3 Å². The van der Waals surface area contributed by atoms with Gasteiger partial charge in [0.05, 0.1) is 0 Å². The van der Waals surface area contributed by atoms with E-state index in [1.165, 1.54) is 32.1 Å². The van der Waals surface area contributed by atoms with Gasteiger partial charge in [-0.2, -0.15) is 4.98 Å². The zero-order valence-electron chi connectivity index (χ0n) is 13.3. The fraction of sp³-hybridized carbons (Fsp3) is 0.750. The second-order valence-electron chi connectivity index (χ2n) is 6.42. The summed E-state index contributed by atoms with van der Waals surface area (Å²) in [6.07, 6.45) is 8.92. The lowest BCUT2D eigenvalue weighted by Gasteiger charge is -2.40. The predicted octanol–water partition coefficient (Wildman–Crippen LogP) is 2.00. The average molecular weight is 289 g/mol. The van der Waals surface area contributed by atoms with E-state index >= 15 is 0 Å². The molecule has 1 aromatic rings. The summed E-state index contributed by atoms with van der Waals surface area (Å²) in [5, 5.41) is 0. The molecule has 0 N–H and O–H groups in total. The second-order valence-corrected chi connectivity index (χ2v) is 6.42. The van der Waals surface area contributed by atoms with Crippen LogP contribution in [-0.4, -0.2) is 61.2 Å². The topological polar surface area (TPSA) is 35.5 Å². The van der Waals surface area contributed by atoms with Gasteiger partial charge in [0, 0.05) is 52.5 Å². The summed E-state index contributed by atoms with van der Waals surface area (Å²) in [5.41, 5.74) is 0. The molecule has 0 unspecified atom stereocenters. The van der Waals surface area contributed by atoms with E-state index in [1.54, 1.807) is 0 Å². The summed E-state index contributed by atoms with van der Waals surface area (Å²) in [7, 11) is 4.04. The van der Waals surface area contributed by atoms with Crippen molar-refractivity contribution in [3.63, 3.8) is 0 Å². The Kier molecular flexibility index (Phi) is 4.58. The van der Waals surface area contributed by atoms with Crippen molar-refractivity contribution in [2.45, 2.75) is 38.1 Å². The highest BCUT2D eigenvalue weighted by Crippen LogP contribution is 2.24. The van der Waals surface area contributed by atoms with Gasteiger partial charge in [-0.25, -0.2) is 4.98 Å². The molecule has 0 atom stereocenters. The molecule has 2 aliphatic rings. The molecule has 21 heavy (non-hydrogen) atoms. The van der Waals surface area contributed by atoms with E-state index < -0.39 is 0 Å². The molecule has 0 radical (unpaired) electrons. The van der Waals surface area contributed by atoms with Gasteiger partial charge < -0.3 is 9.80 Å². The van der Waals surface area contributed by atoms with Crippen LogP contribution in [0, 0.1) is 0 Å². The zero-order chi connectivity index (χ0) is 14.7. The van der Waals surface area contributed by atoms with Crippen molar-refractivity contribution >= 4 is 11.8 Å². The summed E-state index contributed by atoms with van der Waals surface area (Å²) in [6, 6.07) is 2.79. The maximum atomic E-state index is 4.66. The molecule has 5 heteroatoms. The molecule has 3 rings (SSSR count). The third-order valence-electron chi connectivity index (χ3n) is 4.77. The maximum Gasteiger partial charge on any atom is 0.227 e. The average Bonchev–Trinajstić information content (AvgIpc) is 2.56. The molecule has 1 aliphatic heterocycles. The number of hydrogen-bond donors (Lipinski definition) is 0. The van der Waals surface area contributed by atoms with Crippen molar-refractivity contribution in [3.8, 4) is 0 Å². The number of hydrogen-bond acceptors (Lipinski definition) is 5. The first-order valence-electron chi connectivity index (χ1n) is 8.23. The van der Waals surface area contributed by atoms with Crippen LogP contribution in [0.4, 0.5) is 11.8 Å². The van der Waals surface area contributed by atoms with Crippen molar-refractivity contribution in [1.82, 2.24) is 14.9 Å². The lowest BCUT2D eigenvalue weighted by Crippen LogP contribution is -2.51. The van der Waals surface area contributed by atoms with Gasteiger partial charge in [0.2, 0.25) is 5.95 Å². The number of anilines is 2. The number of rotatable bonds is 3. The summed E-state index contributed by atoms with van der Waals surface area (Å²) >= 11 is 0. The summed E-state index contributed by atoms with van der Waals surface area (Å²) in [5.74, 6) is 1.86. The van der Waals surface area contributed by atoms with E-state index in [2.05, 4.69) is 19.8 Å². The highest BCUT2D eigenvalue weighted by atomic mass is 15.3. The predicted molar refractivity (Wildman–Crippen MR) is 87.0 cm³/mol. The Hall–Kier alpha value is -1.36. The number of piperazine rings is 1. The third kappa shape index (κ3) is 3.46. The number of aromatic nitrogens is 2. The fourth-order valence-electron chi connectivity index (χ4n) is 3.47. The van der Waals surface area contributed by atoms with Crippen LogP contribution in [0.25, 0.3) is 0 Å². The molecule has 1 saturated heterocycles. The Morgan fingerprint density at radius 3 is 2.43 bits per heavy atom. The molecule has 2 fully saturated rings. The van der Waals surface area contributed by atoms with Gasteiger partial charge in [-0.05, 0) is 18.9 Å². The minimum Gasteiger partial charge on any atom is -0.363 e. The summed E-state index contributed by atoms with van der Waals surface area (Å²) in [6.45, 7) is 4.40. The van der Waals surface area contributed by atoms with Crippen LogP contribution in [0.2, 0.25) is 0 Å². The largest absolute Gasteiger partial charge is 0.363 e. The van der Waals surface area contributed by atoms with Gasteiger partial charge in [-0.15, -0.1) is 0 Å². The molecule has 1 saturated carbocycles. The molecule has 1 aliphatic carbocycles. The molecule has 0 amide bonds. The summed E-state index contributed by atoms with van der Waals surface area (Å²) < 4.78 is 0. The number of nitrogens with zero attached hydrogens (tertiary/aromatic N) is 5. The van der Waals surface area contributed by atoms with E-state index in [4.69, 9.17) is 0 Å². The Bertz CT molecular complexity index is 448. The van der Waals surface area contributed by atoms with Gasteiger partial charge in [-0.3, -0.25) is 4.90 Å². The molecule has 5 nitrogen and oxygen atoms in total. The first kappa shape index (κ1) is 14.6. The van der Waals surface area contributed by atoms with E-state index in [1.807, 2.05) is 31.3 Å². The molecule has 0 bridgehead atoms. The zero-order valence-corrected chi connectivity index (χ0v) is 13.3. The molecular formula is C16H27N5. The van der Waals surface area contributed by atoms with E-state index in [9.17, 15) is 0 Å². The van der Waals surface area contributed by atoms with Crippen molar-refractivity contribution in [1.29, 1.82) is 0 Å². The highest BCUT2D eigenvalue weighted by Gasteiger charge is 2.26. The molecular weight excluding hydrogens is 262 g/mol. The Morgan fingerprint density at radius 2 is 1.76 bits per heavy atom. The highest BCUT2D eigenvalue weighted by molar-refractivity contribution is 5.42. The van der Waals surface area contributed by atoms with Gasteiger partial charge in [-0.1, -0.05) is 19.3 Å². The first-order valence-corrected chi connectivity index (χ1v) is 8.23. The van der Waals surface area contributed by atoms with E-state index in [-0.39, 0.29) is 0 Å². The monoisotopic (exact) mass is 289 g/mol. The SMILES string of the molecule is CN(C)c1ccnc(N2CCN(C3CCCCC3)CC2)n1. The normalized spacial score (nSPS) is 21.5. The van der Waals surface area contributed by atoms with Crippen molar-refractivity contribution < 1.29 is 0 Å². The third-order valence-corrected chi connectivity index (χ3v) is 4.77. The Labute approximate surface area is 128 Å². The Balaban J connectivity index is 1.59. The molecule has 116 valence electrons. The van der Waals surface area contributed by atoms with Crippen molar-refractivity contribution in [2.24, 2.45) is 0 Å². The lowest BCUT2D eigenvalue weighted by atomic mass is 9.94. The van der Waals surface area contributed by atoms with Crippen molar-refractivity contribution in [3.05, 3.63) is 12.3 Å². The van der Waals surface area contributed by atoms with Crippen molar-refractivity contribution in [2.75, 3.05) is 50.1 Å². The van der Waals surface area contributed by atoms with Crippen LogP contribution in [-0.2, 0) is 0 Å². The van der Waals surface area contributed by atoms with Gasteiger partial charge in [0.25, 0.3) is 0 Å². The quantitative estimate of drug-likeness (QED) is 0.850. The van der Waals surface area contributed by atoms with Crippen LogP contribution < -0.4 is 9.80 Å². The first-order chi connectivity index (χ1) is 10.2. The summed E-state index contributed by atoms with van der Waals surface area (Å²) in [4.78, 5) is 16.2.